The van der Waals surface area contributed by atoms with Crippen LogP contribution in [0.4, 0.5) is 11.4 Å². The Morgan fingerprint density at radius 2 is 1.56 bits per heavy atom. The molecule has 1 aromatic heterocycles. The van der Waals surface area contributed by atoms with Crippen molar-refractivity contribution in [3.05, 3.63) is 93.4 Å². The van der Waals surface area contributed by atoms with Crippen LogP contribution in [0.3, 0.4) is 0 Å². The summed E-state index contributed by atoms with van der Waals surface area (Å²) >= 11 is 6.26. The van der Waals surface area contributed by atoms with Gasteiger partial charge in [0, 0.05) is 105 Å². The quantitative estimate of drug-likeness (QED) is 0.165. The first kappa shape index (κ1) is 46.8. The largest absolute Gasteiger partial charge is 0.489 e. The zero-order valence-electron chi connectivity index (χ0n) is 35.5. The highest BCUT2D eigenvalue weighted by molar-refractivity contribution is 6.31. The number of hydrogen-bond acceptors (Lipinski definition) is 10. The summed E-state index contributed by atoms with van der Waals surface area (Å²) in [5.41, 5.74) is 2.95. The first-order valence-electron chi connectivity index (χ1n) is 21.2. The summed E-state index contributed by atoms with van der Waals surface area (Å²) in [6.45, 7) is 15.1. The van der Waals surface area contributed by atoms with Crippen molar-refractivity contribution in [1.29, 1.82) is 5.26 Å². The van der Waals surface area contributed by atoms with Gasteiger partial charge < -0.3 is 19.9 Å². The third-order valence-electron chi connectivity index (χ3n) is 13.4. The maximum atomic E-state index is 13.5. The van der Waals surface area contributed by atoms with Gasteiger partial charge >= 0.3 is 5.69 Å². The molecule has 3 amide bonds. The molecule has 4 heterocycles. The number of imide groups is 1. The first-order valence-corrected chi connectivity index (χ1v) is 21.6. The van der Waals surface area contributed by atoms with Gasteiger partial charge in [0.1, 0.15) is 24.0 Å². The highest BCUT2D eigenvalue weighted by Gasteiger charge is 2.64. The van der Waals surface area contributed by atoms with Gasteiger partial charge in [0.05, 0.1) is 10.6 Å². The van der Waals surface area contributed by atoms with Crippen LogP contribution in [0, 0.1) is 28.1 Å². The number of piperazine rings is 1. The van der Waals surface area contributed by atoms with Gasteiger partial charge in [0.15, 0.2) is 5.82 Å². The van der Waals surface area contributed by atoms with Crippen LogP contribution in [-0.2, 0) is 16.6 Å². The molecule has 0 spiro atoms. The van der Waals surface area contributed by atoms with Gasteiger partial charge in [-0.15, -0.1) is 5.10 Å². The van der Waals surface area contributed by atoms with E-state index in [-0.39, 0.29) is 68.2 Å². The number of nitrogens with zero attached hydrogens (tertiary/aromatic N) is 7. The van der Waals surface area contributed by atoms with Crippen LogP contribution >= 0.6 is 11.6 Å². The summed E-state index contributed by atoms with van der Waals surface area (Å²) in [6, 6.07) is 22.3. The van der Waals surface area contributed by atoms with Crippen molar-refractivity contribution in [1.82, 2.24) is 29.9 Å². The molecule has 2 N–H and O–H groups in total. The minimum Gasteiger partial charge on any atom is -0.489 e. The van der Waals surface area contributed by atoms with E-state index in [1.807, 2.05) is 24.3 Å². The van der Waals surface area contributed by atoms with E-state index < -0.39 is 11.9 Å². The van der Waals surface area contributed by atoms with E-state index in [4.69, 9.17) is 16.3 Å². The Morgan fingerprint density at radius 1 is 0.889 bits per heavy atom. The molecule has 15 heteroatoms. The number of carbonyl (C=O) groups excluding carboxylic acids is 3. The highest BCUT2D eigenvalue weighted by atomic mass is 35.5. The Hall–Kier alpha value is -5.65. The molecule has 0 radical (unpaired) electrons. The van der Waals surface area contributed by atoms with Crippen LogP contribution in [0.25, 0.3) is 11.4 Å². The van der Waals surface area contributed by atoms with E-state index in [1.165, 1.54) is 9.25 Å². The number of hydrogen-bond donors (Lipinski definition) is 2. The van der Waals surface area contributed by atoms with Crippen LogP contribution in [0.15, 0.2) is 71.5 Å². The topological polar surface area (TPSA) is 158 Å². The number of aromatic nitrogens is 3. The second kappa shape index (κ2) is 18.6. The number of ether oxygens (including phenoxy) is 1. The van der Waals surface area contributed by atoms with Crippen LogP contribution in [0.5, 0.6) is 5.75 Å². The molecule has 1 unspecified atom stereocenters. The third kappa shape index (κ3) is 9.22. The second-order valence-electron chi connectivity index (χ2n) is 18.2. The molecule has 3 aliphatic heterocycles. The Kier molecular flexibility index (Phi) is 13.8. The second-order valence-corrected chi connectivity index (χ2v) is 18.6. The molecule has 4 aromatic rings. The van der Waals surface area contributed by atoms with Gasteiger partial charge in [-0.2, -0.15) is 5.26 Å². The number of benzene rings is 3. The lowest BCUT2D eigenvalue weighted by Gasteiger charge is -2.63. The van der Waals surface area contributed by atoms with Gasteiger partial charge in [-0.3, -0.25) is 29.2 Å². The molecule has 1 atom stereocenters. The van der Waals surface area contributed by atoms with Crippen molar-refractivity contribution in [3.8, 4) is 23.2 Å². The smallest absolute Gasteiger partial charge is 0.346 e. The lowest BCUT2D eigenvalue weighted by atomic mass is 9.49. The van der Waals surface area contributed by atoms with Crippen LogP contribution in [-0.4, -0.2) is 94.9 Å². The summed E-state index contributed by atoms with van der Waals surface area (Å²) in [4.78, 5) is 58.1. The third-order valence-corrected chi connectivity index (χ3v) is 13.7. The molecule has 4 aliphatic rings. The molecular formula is C48H62ClN9O5. The molecule has 14 nitrogen and oxygen atoms in total. The van der Waals surface area contributed by atoms with Gasteiger partial charge in [-0.25, -0.2) is 9.48 Å². The monoisotopic (exact) mass is 879 g/mol. The van der Waals surface area contributed by atoms with E-state index in [9.17, 15) is 24.4 Å². The van der Waals surface area contributed by atoms with E-state index in [2.05, 4.69) is 88.5 Å². The van der Waals surface area contributed by atoms with Crippen molar-refractivity contribution in [2.75, 3.05) is 55.6 Å². The molecular weight excluding hydrogens is 818 g/mol. The fraction of sp³-hybridized carbons (Fsp3) is 0.500. The van der Waals surface area contributed by atoms with Gasteiger partial charge in [-0.1, -0.05) is 66.3 Å². The van der Waals surface area contributed by atoms with Crippen LogP contribution in [0.2, 0.25) is 5.02 Å². The van der Waals surface area contributed by atoms with Gasteiger partial charge in [0.2, 0.25) is 5.91 Å². The van der Waals surface area contributed by atoms with E-state index >= 15 is 0 Å². The summed E-state index contributed by atoms with van der Waals surface area (Å²) in [6.07, 6.45) is 2.47. The van der Waals surface area contributed by atoms with Crippen molar-refractivity contribution in [3.63, 3.8) is 0 Å². The van der Waals surface area contributed by atoms with Crippen molar-refractivity contribution in [2.24, 2.45) is 23.8 Å². The predicted octanol–water partition coefficient (Wildman–Crippen LogP) is 6.67. The molecule has 3 saturated heterocycles. The Balaban J connectivity index is 0.00000330. The van der Waals surface area contributed by atoms with Crippen LogP contribution < -0.4 is 30.9 Å². The number of anilines is 2. The predicted molar refractivity (Wildman–Crippen MR) is 247 cm³/mol. The van der Waals surface area contributed by atoms with Crippen molar-refractivity contribution in [2.45, 2.75) is 86.4 Å². The number of rotatable bonds is 10. The number of amides is 3. The van der Waals surface area contributed by atoms with Crippen molar-refractivity contribution >= 4 is 40.7 Å². The first-order chi connectivity index (χ1) is 29.1. The molecule has 63 heavy (non-hydrogen) atoms. The SMILES string of the molecule is C.C.Cn1c(-c2cccc(N3CCN(CC4CCN(c5ccc(C(=O)NC6C(C)(C)C(Oc7ccc(C#N)c(Cl)c7)C6(C)C)cc5)CC4)CC3)c2)nn(C2CCC(=O)NC2=O)c1=O. The highest BCUT2D eigenvalue weighted by Crippen LogP contribution is 2.55. The summed E-state index contributed by atoms with van der Waals surface area (Å²) in [5.74, 6) is 0.772. The van der Waals surface area contributed by atoms with Crippen molar-refractivity contribution < 1.29 is 19.1 Å². The number of piperidine rings is 2. The summed E-state index contributed by atoms with van der Waals surface area (Å²) in [7, 11) is 1.66. The Labute approximate surface area is 376 Å². The fourth-order valence-electron chi connectivity index (χ4n) is 10.2. The standard InChI is InChI=1S/C46H54ClN9O5.2CH4/c1-45(2)42(46(3,4)43(45)61-35-14-11-32(27-48)36(47)26-35)50-40(58)30-9-12-33(13-10-30)54-19-17-29(18-20-54)28-53-21-23-55(24-22-53)34-8-6-7-31(25-34)39-51-56(44(60)52(39)5)37-15-16-38(57)49-41(37)59;;/h6-14,25-26,29,37,42-43H,15-24,28H2,1-5H3,(H,50,58)(H,49,57,59);2*1H4. The van der Waals surface area contributed by atoms with E-state index in [0.29, 0.717) is 33.6 Å². The van der Waals surface area contributed by atoms with Crippen LogP contribution in [0.1, 0.15) is 90.2 Å². The fourth-order valence-corrected chi connectivity index (χ4v) is 10.4. The normalized spacial score (nSPS) is 22.1. The minimum absolute atomic E-state index is 0. The maximum absolute atomic E-state index is 13.5. The Morgan fingerprint density at radius 3 is 2.19 bits per heavy atom. The van der Waals surface area contributed by atoms with E-state index in [0.717, 1.165) is 75.6 Å². The lowest BCUT2D eigenvalue weighted by Crippen LogP contribution is -2.74. The number of nitriles is 1. The average Bonchev–Trinajstić information content (AvgIpc) is 3.55. The molecule has 4 fully saturated rings. The molecule has 0 bridgehead atoms. The average molecular weight is 881 g/mol. The molecule has 1 aliphatic carbocycles. The molecule has 1 saturated carbocycles. The molecule has 336 valence electrons. The number of nitrogens with one attached hydrogen (secondary N) is 2. The number of halogens is 1. The zero-order valence-corrected chi connectivity index (χ0v) is 36.2. The van der Waals surface area contributed by atoms with E-state index in [1.54, 1.807) is 25.2 Å². The summed E-state index contributed by atoms with van der Waals surface area (Å²) < 4.78 is 9.06. The molecule has 8 rings (SSSR count). The molecule has 3 aromatic carbocycles. The Bertz CT molecular complexity index is 2400. The minimum atomic E-state index is -0.805. The van der Waals surface area contributed by atoms with Gasteiger partial charge in [0.25, 0.3) is 11.8 Å². The number of carbonyl (C=O) groups is 3. The summed E-state index contributed by atoms with van der Waals surface area (Å²) in [5, 5.41) is 19.8. The zero-order chi connectivity index (χ0) is 43.2. The maximum Gasteiger partial charge on any atom is 0.346 e. The van der Waals surface area contributed by atoms with Gasteiger partial charge in [-0.05, 0) is 73.7 Å². The lowest BCUT2D eigenvalue weighted by molar-refractivity contribution is -0.164.